The van der Waals surface area contributed by atoms with Gasteiger partial charge in [-0.25, -0.2) is 0 Å². The lowest BCUT2D eigenvalue weighted by Gasteiger charge is -2.43. The molecule has 17 heteroatoms. The van der Waals surface area contributed by atoms with E-state index in [2.05, 4.69) is 9.89 Å². The second kappa shape index (κ2) is 13.7. The summed E-state index contributed by atoms with van der Waals surface area (Å²) in [6, 6.07) is 7.09. The number of hydrogen-bond donors (Lipinski definition) is 6. The molecular weight excluding hydrogens is 672 g/mol. The first-order valence-electron chi connectivity index (χ1n) is 16.2. The molecule has 2 aromatic carbocycles. The second-order valence-electron chi connectivity index (χ2n) is 12.7. The predicted octanol–water partition coefficient (Wildman–Crippen LogP) is -0.202. The summed E-state index contributed by atoms with van der Waals surface area (Å²) in [5.74, 6) is -0.682. The number of aliphatic hydroxyl groups is 3. The van der Waals surface area contributed by atoms with E-state index in [1.165, 1.54) is 0 Å². The summed E-state index contributed by atoms with van der Waals surface area (Å²) in [7, 11) is 3.10. The number of allylic oxidation sites excluding steroid dienone is 1. The Labute approximate surface area is 291 Å². The van der Waals surface area contributed by atoms with Crippen molar-refractivity contribution in [2.75, 3.05) is 27.4 Å². The van der Waals surface area contributed by atoms with Crippen LogP contribution >= 0.6 is 0 Å². The van der Waals surface area contributed by atoms with Crippen molar-refractivity contribution in [3.63, 3.8) is 0 Å². The van der Waals surface area contributed by atoms with Crippen LogP contribution in [0.3, 0.4) is 0 Å². The number of hydrogen-bond acceptors (Lipinski definition) is 16. The van der Waals surface area contributed by atoms with Crippen LogP contribution in [0.15, 0.2) is 52.8 Å². The normalized spacial score (nSPS) is 27.6. The van der Waals surface area contributed by atoms with Gasteiger partial charge in [-0.15, -0.1) is 0 Å². The molecule has 17 nitrogen and oxygen atoms in total. The van der Waals surface area contributed by atoms with Crippen LogP contribution in [0.25, 0.3) is 0 Å². The van der Waals surface area contributed by atoms with Crippen LogP contribution in [0.4, 0.5) is 0 Å². The van der Waals surface area contributed by atoms with Crippen molar-refractivity contribution >= 4 is 18.2 Å². The van der Waals surface area contributed by atoms with Gasteiger partial charge in [0.1, 0.15) is 48.4 Å². The Morgan fingerprint density at radius 2 is 1.90 bits per heavy atom. The quantitative estimate of drug-likeness (QED) is 0.100. The molecule has 0 aromatic heterocycles. The third kappa shape index (κ3) is 6.32. The second-order valence-corrected chi connectivity index (χ2v) is 12.7. The lowest BCUT2D eigenvalue weighted by molar-refractivity contribution is -0.291. The number of carboxylic acids is 1. The fourth-order valence-electron chi connectivity index (χ4n) is 7.06. The van der Waals surface area contributed by atoms with Crippen molar-refractivity contribution in [1.29, 1.82) is 0 Å². The standard InChI is InChI=1S/C34H38N4O13/c1-45-20-4-3-17-18-13-47-21-8-16(48-34-27(44)25(42)26(43)31(51-34)32(33(35)36)49-23(41)9-22(39)40)7-15(11-38-10-14-5-6-37-19(14)12-38)24(21)28(18)50-29(17)30(20)46-2/h3-8,12,18,25-28,31-34,42-44H,9-11,13,35-36H2,1-2H3,(H,39,40). The molecule has 1 saturated heterocycles. The molecule has 0 saturated carbocycles. The molecule has 0 spiro atoms. The monoisotopic (exact) mass is 710 g/mol. The Morgan fingerprint density at radius 1 is 1.10 bits per heavy atom. The number of carboxylic acid groups (broad SMARTS) is 1. The third-order valence-corrected chi connectivity index (χ3v) is 9.44. The molecule has 8 atom stereocenters. The number of ether oxygens (including phenoxy) is 7. The lowest BCUT2D eigenvalue weighted by atomic mass is 9.86. The average molecular weight is 711 g/mol. The number of carbonyl (C=O) groups excluding carboxylic acids is 1. The van der Waals surface area contributed by atoms with Crippen LogP contribution in [0.1, 0.15) is 35.1 Å². The van der Waals surface area contributed by atoms with Crippen LogP contribution in [-0.4, -0.2) is 114 Å². The summed E-state index contributed by atoms with van der Waals surface area (Å²) in [4.78, 5) is 29.7. The van der Waals surface area contributed by atoms with Gasteiger partial charge in [-0.05, 0) is 23.8 Å². The van der Waals surface area contributed by atoms with Gasteiger partial charge in [-0.1, -0.05) is 6.07 Å². The van der Waals surface area contributed by atoms with E-state index in [1.807, 2.05) is 24.4 Å². The molecule has 5 aliphatic heterocycles. The van der Waals surface area contributed by atoms with Crippen molar-refractivity contribution in [2.45, 2.75) is 68.0 Å². The van der Waals surface area contributed by atoms with E-state index in [-0.39, 0.29) is 18.3 Å². The van der Waals surface area contributed by atoms with Gasteiger partial charge in [-0.2, -0.15) is 0 Å². The molecule has 0 bridgehead atoms. The first kappa shape index (κ1) is 34.5. The number of fused-ring (bicyclic) bond motifs is 6. The van der Waals surface area contributed by atoms with E-state index in [0.717, 1.165) is 28.0 Å². The number of benzene rings is 2. The molecule has 0 amide bonds. The van der Waals surface area contributed by atoms with Gasteiger partial charge in [0.25, 0.3) is 0 Å². The molecule has 7 rings (SSSR count). The summed E-state index contributed by atoms with van der Waals surface area (Å²) in [6.07, 6.45) is -7.63. The minimum Gasteiger partial charge on any atom is -0.493 e. The fraction of sp³-hybridized carbons (Fsp3) is 0.441. The van der Waals surface area contributed by atoms with Crippen LogP contribution in [-0.2, 0) is 25.6 Å². The van der Waals surface area contributed by atoms with Crippen LogP contribution < -0.4 is 35.2 Å². The number of rotatable bonds is 11. The highest BCUT2D eigenvalue weighted by atomic mass is 16.7. The van der Waals surface area contributed by atoms with Crippen molar-refractivity contribution in [3.05, 3.63) is 64.5 Å². The molecule has 8 N–H and O–H groups in total. The Hall–Kier alpha value is -4.91. The van der Waals surface area contributed by atoms with Crippen molar-refractivity contribution < 1.29 is 63.2 Å². The van der Waals surface area contributed by atoms with Crippen LogP contribution in [0, 0.1) is 0 Å². The molecule has 51 heavy (non-hydrogen) atoms. The number of aliphatic imine (C=N–C) groups is 1. The summed E-state index contributed by atoms with van der Waals surface area (Å²) < 4.78 is 41.2. The highest BCUT2D eigenvalue weighted by molar-refractivity contribution is 5.90. The van der Waals surface area contributed by atoms with Gasteiger partial charge in [0.15, 0.2) is 17.6 Å². The first-order valence-corrected chi connectivity index (χ1v) is 16.2. The molecular formula is C34H38N4O13. The maximum Gasteiger partial charge on any atom is 0.317 e. The Kier molecular flexibility index (Phi) is 9.25. The smallest absolute Gasteiger partial charge is 0.317 e. The van der Waals surface area contributed by atoms with Gasteiger partial charge in [0, 0.05) is 48.3 Å². The molecule has 1 fully saturated rings. The number of esters is 1. The molecule has 5 aliphatic rings. The van der Waals surface area contributed by atoms with Crippen molar-refractivity contribution in [3.8, 4) is 28.7 Å². The summed E-state index contributed by atoms with van der Waals surface area (Å²) in [5, 5.41) is 41.5. The van der Waals surface area contributed by atoms with E-state index in [9.17, 15) is 24.9 Å². The number of aliphatic hydroxyl groups excluding tert-OH is 3. The molecule has 5 heterocycles. The number of nitrogens with two attached hydrogens (primary N) is 2. The highest BCUT2D eigenvalue weighted by Gasteiger charge is 2.51. The van der Waals surface area contributed by atoms with Crippen LogP contribution in [0.2, 0.25) is 0 Å². The lowest BCUT2D eigenvalue weighted by Crippen LogP contribution is -2.66. The number of aliphatic carboxylic acids is 1. The number of methoxy groups -OCH3 is 2. The minimum atomic E-state index is -1.86. The highest BCUT2D eigenvalue weighted by Crippen LogP contribution is 2.57. The topological polar surface area (TPSA) is 247 Å². The largest absolute Gasteiger partial charge is 0.493 e. The summed E-state index contributed by atoms with van der Waals surface area (Å²) >= 11 is 0. The zero-order valence-corrected chi connectivity index (χ0v) is 27.6. The number of carbonyl (C=O) groups is 2. The summed E-state index contributed by atoms with van der Waals surface area (Å²) in [5.41, 5.74) is 16.0. The van der Waals surface area contributed by atoms with Crippen molar-refractivity contribution in [2.24, 2.45) is 16.5 Å². The molecule has 272 valence electrons. The maximum absolute atomic E-state index is 12.2. The summed E-state index contributed by atoms with van der Waals surface area (Å²) in [6.45, 7) is 1.24. The van der Waals surface area contributed by atoms with Gasteiger partial charge >= 0.3 is 11.9 Å². The molecule has 0 aliphatic carbocycles. The zero-order chi connectivity index (χ0) is 36.1. The van der Waals surface area contributed by atoms with E-state index in [0.29, 0.717) is 36.1 Å². The Balaban J connectivity index is 1.21. The third-order valence-electron chi connectivity index (χ3n) is 9.44. The van der Waals surface area contributed by atoms with E-state index in [4.69, 9.17) is 49.7 Å². The van der Waals surface area contributed by atoms with E-state index in [1.54, 1.807) is 32.6 Å². The zero-order valence-electron chi connectivity index (χ0n) is 27.6. The SMILES string of the molecule is COc1ccc2c(c1OC)OC1c3c(CN4C=C5N=CC=C5C4)cc(OC4OC(C(OC(=O)CC(=O)O)C(N)N)C(O)C(O)C4O)cc3OCC21. The van der Waals surface area contributed by atoms with Gasteiger partial charge in [0.05, 0.1) is 38.6 Å². The van der Waals surface area contributed by atoms with Gasteiger partial charge < -0.3 is 70.0 Å². The first-order chi connectivity index (χ1) is 24.5. The van der Waals surface area contributed by atoms with Gasteiger partial charge in [-0.3, -0.25) is 14.6 Å². The predicted molar refractivity (Wildman–Crippen MR) is 174 cm³/mol. The Bertz CT molecular complexity index is 1810. The van der Waals surface area contributed by atoms with Crippen molar-refractivity contribution in [1.82, 2.24) is 4.90 Å². The van der Waals surface area contributed by atoms with Gasteiger partial charge in [0.2, 0.25) is 12.0 Å². The number of nitrogens with zero attached hydrogens (tertiary/aromatic N) is 2. The van der Waals surface area contributed by atoms with E-state index >= 15 is 0 Å². The average Bonchev–Trinajstić information content (AvgIpc) is 3.80. The maximum atomic E-state index is 12.2. The minimum absolute atomic E-state index is 0.170. The molecule has 8 unspecified atom stereocenters. The van der Waals surface area contributed by atoms with Crippen LogP contribution in [0.5, 0.6) is 28.7 Å². The Morgan fingerprint density at radius 3 is 2.61 bits per heavy atom. The molecule has 2 aromatic rings. The van der Waals surface area contributed by atoms with E-state index < -0.39 is 67.4 Å². The fourth-order valence-corrected chi connectivity index (χ4v) is 7.06. The molecule has 0 radical (unpaired) electrons.